The van der Waals surface area contributed by atoms with E-state index in [-0.39, 0.29) is 6.42 Å². The molecule has 0 atom stereocenters. The predicted octanol–water partition coefficient (Wildman–Crippen LogP) is 1.35. The van der Waals surface area contributed by atoms with Gasteiger partial charge in [0.2, 0.25) is 0 Å². The summed E-state index contributed by atoms with van der Waals surface area (Å²) >= 11 is 1.52. The van der Waals surface area contributed by atoms with E-state index >= 15 is 0 Å². The van der Waals surface area contributed by atoms with Crippen LogP contribution in [-0.4, -0.2) is 32.1 Å². The Balaban J connectivity index is 2.28. The summed E-state index contributed by atoms with van der Waals surface area (Å²) in [7, 11) is 0. The first-order valence-electron chi connectivity index (χ1n) is 4.92. The lowest BCUT2D eigenvalue weighted by molar-refractivity contribution is -0.136. The zero-order valence-corrected chi connectivity index (χ0v) is 9.33. The molecular formula is C9H13N3O2S. The number of carboxylic acid groups (broad SMARTS) is 1. The van der Waals surface area contributed by atoms with Crippen LogP contribution in [0.15, 0.2) is 5.16 Å². The van der Waals surface area contributed by atoms with E-state index in [2.05, 4.69) is 10.2 Å². The van der Waals surface area contributed by atoms with Gasteiger partial charge in [0.25, 0.3) is 0 Å². The molecule has 0 aliphatic heterocycles. The van der Waals surface area contributed by atoms with Gasteiger partial charge < -0.3 is 9.67 Å². The molecule has 1 saturated carbocycles. The van der Waals surface area contributed by atoms with Crippen molar-refractivity contribution in [2.24, 2.45) is 0 Å². The molecule has 1 aromatic heterocycles. The van der Waals surface area contributed by atoms with Crippen molar-refractivity contribution in [1.82, 2.24) is 14.8 Å². The molecule has 1 N–H and O–H groups in total. The maximum atomic E-state index is 10.7. The Labute approximate surface area is 91.9 Å². The van der Waals surface area contributed by atoms with E-state index in [0.717, 1.165) is 18.0 Å². The van der Waals surface area contributed by atoms with Gasteiger partial charge in [0.05, 0.1) is 0 Å². The van der Waals surface area contributed by atoms with Crippen molar-refractivity contribution in [2.45, 2.75) is 36.9 Å². The molecule has 15 heavy (non-hydrogen) atoms. The Morgan fingerprint density at radius 3 is 2.80 bits per heavy atom. The zero-order valence-electron chi connectivity index (χ0n) is 8.51. The average molecular weight is 227 g/mol. The summed E-state index contributed by atoms with van der Waals surface area (Å²) in [4.78, 5) is 10.7. The second kappa shape index (κ2) is 4.22. The minimum absolute atomic E-state index is 0.0376. The van der Waals surface area contributed by atoms with Crippen molar-refractivity contribution in [1.29, 1.82) is 0 Å². The van der Waals surface area contributed by atoms with E-state index in [1.807, 2.05) is 10.8 Å². The van der Waals surface area contributed by atoms with Crippen LogP contribution < -0.4 is 0 Å². The summed E-state index contributed by atoms with van der Waals surface area (Å²) in [6.07, 6.45) is 5.33. The molecule has 0 radical (unpaired) electrons. The number of aliphatic carboxylic acids is 1. The van der Waals surface area contributed by atoms with Gasteiger partial charge in [-0.1, -0.05) is 11.8 Å². The lowest BCUT2D eigenvalue weighted by Crippen LogP contribution is -2.21. The Bertz CT molecular complexity index is 373. The molecule has 0 aromatic carbocycles. The molecule has 0 amide bonds. The van der Waals surface area contributed by atoms with Crippen molar-refractivity contribution in [3.8, 4) is 0 Å². The highest BCUT2D eigenvalue weighted by Crippen LogP contribution is 2.35. The van der Waals surface area contributed by atoms with Gasteiger partial charge in [-0.25, -0.2) is 0 Å². The highest BCUT2D eigenvalue weighted by atomic mass is 32.2. The number of aromatic nitrogens is 3. The number of carbonyl (C=O) groups is 1. The first-order chi connectivity index (χ1) is 7.22. The molecule has 1 aliphatic rings. The van der Waals surface area contributed by atoms with Gasteiger partial charge in [-0.15, -0.1) is 10.2 Å². The van der Waals surface area contributed by atoms with E-state index in [9.17, 15) is 4.79 Å². The summed E-state index contributed by atoms with van der Waals surface area (Å²) in [6, 6.07) is 0.414. The molecular weight excluding hydrogens is 214 g/mol. The largest absolute Gasteiger partial charge is 0.481 e. The topological polar surface area (TPSA) is 68.0 Å². The molecule has 2 rings (SSSR count). The minimum Gasteiger partial charge on any atom is -0.481 e. The fourth-order valence-corrected chi connectivity index (χ4v) is 2.29. The van der Waals surface area contributed by atoms with Gasteiger partial charge in [-0.05, 0) is 25.5 Å². The fourth-order valence-electron chi connectivity index (χ4n) is 1.71. The van der Waals surface area contributed by atoms with E-state index in [1.165, 1.54) is 18.2 Å². The summed E-state index contributed by atoms with van der Waals surface area (Å²) in [6.45, 7) is 0. The summed E-state index contributed by atoms with van der Waals surface area (Å²) in [5.74, 6) is -0.271. The molecule has 5 nitrogen and oxygen atoms in total. The van der Waals surface area contributed by atoms with Crippen LogP contribution in [0.1, 0.15) is 31.1 Å². The van der Waals surface area contributed by atoms with Crippen molar-refractivity contribution < 1.29 is 9.90 Å². The molecule has 1 heterocycles. The van der Waals surface area contributed by atoms with Crippen molar-refractivity contribution >= 4 is 17.7 Å². The quantitative estimate of drug-likeness (QED) is 0.786. The van der Waals surface area contributed by atoms with Gasteiger partial charge in [0.15, 0.2) is 5.16 Å². The highest BCUT2D eigenvalue weighted by molar-refractivity contribution is 7.98. The fraction of sp³-hybridized carbons (Fsp3) is 0.667. The van der Waals surface area contributed by atoms with Crippen molar-refractivity contribution in [3.63, 3.8) is 0 Å². The van der Waals surface area contributed by atoms with E-state index in [0.29, 0.717) is 11.9 Å². The first kappa shape index (κ1) is 10.5. The molecule has 6 heteroatoms. The maximum absolute atomic E-state index is 10.7. The molecule has 82 valence electrons. The van der Waals surface area contributed by atoms with Gasteiger partial charge in [-0.3, -0.25) is 4.79 Å². The van der Waals surface area contributed by atoms with Crippen LogP contribution in [0.4, 0.5) is 0 Å². The maximum Gasteiger partial charge on any atom is 0.311 e. The van der Waals surface area contributed by atoms with Gasteiger partial charge in [-0.2, -0.15) is 0 Å². The number of rotatable bonds is 4. The number of nitrogens with zero attached hydrogens (tertiary/aromatic N) is 3. The molecule has 0 bridgehead atoms. The Hall–Kier alpha value is -1.04. The monoisotopic (exact) mass is 227 g/mol. The van der Waals surface area contributed by atoms with E-state index < -0.39 is 5.97 Å². The molecule has 0 saturated heterocycles. The smallest absolute Gasteiger partial charge is 0.311 e. The van der Waals surface area contributed by atoms with Gasteiger partial charge in [0.1, 0.15) is 12.2 Å². The van der Waals surface area contributed by atoms with E-state index in [4.69, 9.17) is 5.11 Å². The predicted molar refractivity (Wildman–Crippen MR) is 56.0 cm³/mol. The summed E-state index contributed by atoms with van der Waals surface area (Å²) < 4.78 is 1.99. The Kier molecular flexibility index (Phi) is 2.95. The standard InChI is InChI=1S/C9H13N3O2S/c1-15-9-11-10-7(5-8(13)14)12(9)6-3-2-4-6/h6H,2-5H2,1H3,(H,13,14). The number of thioether (sulfide) groups is 1. The first-order valence-corrected chi connectivity index (χ1v) is 6.14. The second-order valence-electron chi connectivity index (χ2n) is 3.63. The zero-order chi connectivity index (χ0) is 10.8. The number of hydrogen-bond donors (Lipinski definition) is 1. The molecule has 1 fully saturated rings. The van der Waals surface area contributed by atoms with Crippen LogP contribution in [0.2, 0.25) is 0 Å². The van der Waals surface area contributed by atoms with Gasteiger partial charge in [0, 0.05) is 6.04 Å². The lowest BCUT2D eigenvalue weighted by atomic mass is 9.93. The summed E-state index contributed by atoms with van der Waals surface area (Å²) in [5.41, 5.74) is 0. The third-order valence-corrected chi connectivity index (χ3v) is 3.31. The number of carboxylic acids is 1. The third-order valence-electron chi connectivity index (χ3n) is 2.67. The second-order valence-corrected chi connectivity index (χ2v) is 4.40. The average Bonchev–Trinajstić information content (AvgIpc) is 2.45. The van der Waals surface area contributed by atoms with Gasteiger partial charge >= 0.3 is 5.97 Å². The van der Waals surface area contributed by atoms with Crippen LogP contribution in [0, 0.1) is 0 Å². The highest BCUT2D eigenvalue weighted by Gasteiger charge is 2.26. The molecule has 0 unspecified atom stereocenters. The Morgan fingerprint density at radius 1 is 1.60 bits per heavy atom. The van der Waals surface area contributed by atoms with Crippen LogP contribution in [-0.2, 0) is 11.2 Å². The SMILES string of the molecule is CSc1nnc(CC(=O)O)n1C1CCC1. The van der Waals surface area contributed by atoms with Crippen molar-refractivity contribution in [2.75, 3.05) is 6.26 Å². The normalized spacial score (nSPS) is 16.3. The van der Waals surface area contributed by atoms with E-state index in [1.54, 1.807) is 0 Å². The summed E-state index contributed by atoms with van der Waals surface area (Å²) in [5, 5.41) is 17.5. The van der Waals surface area contributed by atoms with Crippen LogP contribution >= 0.6 is 11.8 Å². The Morgan fingerprint density at radius 2 is 2.33 bits per heavy atom. The third kappa shape index (κ3) is 1.99. The van der Waals surface area contributed by atoms with Crippen LogP contribution in [0.3, 0.4) is 0 Å². The van der Waals surface area contributed by atoms with Crippen molar-refractivity contribution in [3.05, 3.63) is 5.82 Å². The molecule has 1 aliphatic carbocycles. The number of hydrogen-bond acceptors (Lipinski definition) is 4. The minimum atomic E-state index is -0.851. The van der Waals surface area contributed by atoms with Crippen LogP contribution in [0.5, 0.6) is 0 Å². The lowest BCUT2D eigenvalue weighted by Gasteiger charge is -2.28. The van der Waals surface area contributed by atoms with Crippen LogP contribution in [0.25, 0.3) is 0 Å². The molecule has 0 spiro atoms. The molecule has 1 aromatic rings.